The predicted molar refractivity (Wildman–Crippen MR) is 76.8 cm³/mol. The Kier molecular flexibility index (Phi) is 5.29. The fourth-order valence-corrected chi connectivity index (χ4v) is 3.65. The van der Waals surface area contributed by atoms with Gasteiger partial charge >= 0.3 is 0 Å². The minimum Gasteiger partial charge on any atom is -0.389 e. The van der Waals surface area contributed by atoms with Crippen molar-refractivity contribution in [1.82, 2.24) is 10.2 Å². The van der Waals surface area contributed by atoms with Crippen LogP contribution >= 0.6 is 0 Å². The van der Waals surface area contributed by atoms with Crippen molar-refractivity contribution in [2.45, 2.75) is 43.9 Å². The van der Waals surface area contributed by atoms with Gasteiger partial charge in [0.2, 0.25) is 0 Å². The Morgan fingerprint density at radius 3 is 2.80 bits per heavy atom. The van der Waals surface area contributed by atoms with E-state index in [0.717, 1.165) is 31.9 Å². The molecule has 3 unspecified atom stereocenters. The average molecular weight is 284 g/mol. The Morgan fingerprint density at radius 1 is 1.30 bits per heavy atom. The topological polar surface area (TPSA) is 54.0 Å². The monoisotopic (exact) mass is 284 g/mol. The highest BCUT2D eigenvalue weighted by molar-refractivity contribution is 4.91. The van der Waals surface area contributed by atoms with Crippen molar-refractivity contribution in [3.63, 3.8) is 0 Å². The maximum atomic E-state index is 9.98. The number of aliphatic hydroxyl groups excluding tert-OH is 1. The average Bonchev–Trinajstić information content (AvgIpc) is 3.00. The van der Waals surface area contributed by atoms with E-state index < -0.39 is 6.10 Å². The van der Waals surface area contributed by atoms with Crippen molar-refractivity contribution in [3.8, 4) is 0 Å². The van der Waals surface area contributed by atoms with Crippen LogP contribution in [0.25, 0.3) is 0 Å². The van der Waals surface area contributed by atoms with Gasteiger partial charge in [-0.25, -0.2) is 0 Å². The van der Waals surface area contributed by atoms with Crippen LogP contribution in [-0.4, -0.2) is 74.3 Å². The molecule has 4 saturated heterocycles. The van der Waals surface area contributed by atoms with Gasteiger partial charge in [-0.3, -0.25) is 0 Å². The summed E-state index contributed by atoms with van der Waals surface area (Å²) in [6, 6.07) is 0.560. The minimum absolute atomic E-state index is 0.247. The zero-order valence-electron chi connectivity index (χ0n) is 12.3. The van der Waals surface area contributed by atoms with E-state index in [0.29, 0.717) is 25.8 Å². The summed E-state index contributed by atoms with van der Waals surface area (Å²) in [6.07, 6.45) is 4.68. The summed E-state index contributed by atoms with van der Waals surface area (Å²) in [7, 11) is 0. The summed E-state index contributed by atoms with van der Waals surface area (Å²) in [6.45, 7) is 6.20. The molecule has 2 N–H and O–H groups in total. The van der Waals surface area contributed by atoms with Gasteiger partial charge in [-0.05, 0) is 44.7 Å². The van der Waals surface area contributed by atoms with Crippen LogP contribution in [0.4, 0.5) is 0 Å². The number of nitrogens with zero attached hydrogens (tertiary/aromatic N) is 1. The molecule has 0 aromatic rings. The van der Waals surface area contributed by atoms with E-state index in [1.807, 2.05) is 0 Å². The van der Waals surface area contributed by atoms with Crippen LogP contribution in [0.3, 0.4) is 0 Å². The standard InChI is InChI=1S/C15H28N2O3/c18-13(10-19-11-14-2-1-7-20-14)8-16-15-9-17-5-3-12(15)4-6-17/h12-16,18H,1-11H2. The van der Waals surface area contributed by atoms with Crippen molar-refractivity contribution in [2.24, 2.45) is 5.92 Å². The lowest BCUT2D eigenvalue weighted by atomic mass is 9.84. The zero-order valence-corrected chi connectivity index (χ0v) is 12.3. The Morgan fingerprint density at radius 2 is 2.15 bits per heavy atom. The van der Waals surface area contributed by atoms with E-state index in [-0.39, 0.29) is 6.10 Å². The van der Waals surface area contributed by atoms with E-state index in [2.05, 4.69) is 10.2 Å². The first-order valence-corrected chi connectivity index (χ1v) is 8.14. The smallest absolute Gasteiger partial charge is 0.0897 e. The van der Waals surface area contributed by atoms with Crippen molar-refractivity contribution in [1.29, 1.82) is 0 Å². The lowest BCUT2D eigenvalue weighted by molar-refractivity contribution is -0.0193. The van der Waals surface area contributed by atoms with Crippen LogP contribution in [-0.2, 0) is 9.47 Å². The summed E-state index contributed by atoms with van der Waals surface area (Å²) >= 11 is 0. The molecule has 0 aliphatic carbocycles. The number of aliphatic hydroxyl groups is 1. The molecule has 5 heteroatoms. The van der Waals surface area contributed by atoms with Gasteiger partial charge in [-0.15, -0.1) is 0 Å². The highest BCUT2D eigenvalue weighted by Crippen LogP contribution is 2.27. The zero-order chi connectivity index (χ0) is 13.8. The number of ether oxygens (including phenoxy) is 2. The predicted octanol–water partition coefficient (Wildman–Crippen LogP) is 0.227. The Balaban J connectivity index is 1.28. The largest absolute Gasteiger partial charge is 0.389 e. The molecule has 4 heterocycles. The molecule has 2 bridgehead atoms. The minimum atomic E-state index is -0.410. The number of piperidine rings is 3. The second kappa shape index (κ2) is 7.18. The van der Waals surface area contributed by atoms with Gasteiger partial charge in [0.1, 0.15) is 0 Å². The number of hydrogen-bond acceptors (Lipinski definition) is 5. The van der Waals surface area contributed by atoms with Crippen LogP contribution in [0.2, 0.25) is 0 Å². The quantitative estimate of drug-likeness (QED) is 0.701. The number of rotatable bonds is 7. The van der Waals surface area contributed by atoms with E-state index >= 15 is 0 Å². The van der Waals surface area contributed by atoms with Crippen LogP contribution in [0, 0.1) is 5.92 Å². The number of fused-ring (bicyclic) bond motifs is 3. The highest BCUT2D eigenvalue weighted by atomic mass is 16.5. The van der Waals surface area contributed by atoms with E-state index in [1.165, 1.54) is 25.9 Å². The molecule has 0 aromatic carbocycles. The molecule has 0 saturated carbocycles. The van der Waals surface area contributed by atoms with Gasteiger partial charge in [0.15, 0.2) is 0 Å². The molecule has 5 nitrogen and oxygen atoms in total. The normalized spacial score (nSPS) is 38.2. The molecular weight excluding hydrogens is 256 g/mol. The second-order valence-corrected chi connectivity index (χ2v) is 6.48. The third-order valence-corrected chi connectivity index (χ3v) is 4.91. The molecule has 4 rings (SSSR count). The summed E-state index contributed by atoms with van der Waals surface area (Å²) in [4.78, 5) is 2.53. The van der Waals surface area contributed by atoms with Gasteiger partial charge in [0.05, 0.1) is 25.4 Å². The van der Waals surface area contributed by atoms with E-state index in [9.17, 15) is 5.11 Å². The fourth-order valence-electron chi connectivity index (χ4n) is 3.65. The maximum Gasteiger partial charge on any atom is 0.0897 e. The SMILES string of the molecule is OC(CNC1CN2CCC1CC2)COCC1CCCO1. The number of hydrogen-bond donors (Lipinski definition) is 2. The summed E-state index contributed by atoms with van der Waals surface area (Å²) in [5.41, 5.74) is 0. The van der Waals surface area contributed by atoms with Gasteiger partial charge in [0, 0.05) is 25.7 Å². The lowest BCUT2D eigenvalue weighted by Gasteiger charge is -2.45. The molecule has 4 fully saturated rings. The molecule has 0 spiro atoms. The Bertz CT molecular complexity index is 289. The Hall–Kier alpha value is -0.200. The van der Waals surface area contributed by atoms with Gasteiger partial charge < -0.3 is 24.8 Å². The second-order valence-electron chi connectivity index (χ2n) is 6.48. The summed E-state index contributed by atoms with van der Waals surface area (Å²) in [5.74, 6) is 0.806. The van der Waals surface area contributed by atoms with E-state index in [1.54, 1.807) is 0 Å². The summed E-state index contributed by atoms with van der Waals surface area (Å²) in [5, 5.41) is 13.5. The molecule has 4 aliphatic rings. The maximum absolute atomic E-state index is 9.98. The first-order chi connectivity index (χ1) is 9.81. The van der Waals surface area contributed by atoms with Crippen LogP contribution in [0.15, 0.2) is 0 Å². The molecule has 3 atom stereocenters. The summed E-state index contributed by atoms with van der Waals surface area (Å²) < 4.78 is 11.1. The molecule has 0 radical (unpaired) electrons. The molecule has 4 aliphatic heterocycles. The van der Waals surface area contributed by atoms with E-state index in [4.69, 9.17) is 9.47 Å². The van der Waals surface area contributed by atoms with Crippen LogP contribution in [0.1, 0.15) is 25.7 Å². The van der Waals surface area contributed by atoms with Crippen molar-refractivity contribution in [2.75, 3.05) is 46.0 Å². The molecule has 0 amide bonds. The third kappa shape index (κ3) is 3.92. The molecule has 0 aromatic heterocycles. The Labute approximate surface area is 121 Å². The van der Waals surface area contributed by atoms with Crippen LogP contribution in [0.5, 0.6) is 0 Å². The third-order valence-electron chi connectivity index (χ3n) is 4.91. The van der Waals surface area contributed by atoms with Crippen molar-refractivity contribution < 1.29 is 14.6 Å². The van der Waals surface area contributed by atoms with Crippen LogP contribution < -0.4 is 5.32 Å². The fraction of sp³-hybridized carbons (Fsp3) is 1.00. The van der Waals surface area contributed by atoms with Gasteiger partial charge in [-0.1, -0.05) is 0 Å². The van der Waals surface area contributed by atoms with Gasteiger partial charge in [-0.2, -0.15) is 0 Å². The van der Waals surface area contributed by atoms with Gasteiger partial charge in [0.25, 0.3) is 0 Å². The van der Waals surface area contributed by atoms with Crippen molar-refractivity contribution in [3.05, 3.63) is 0 Å². The highest BCUT2D eigenvalue weighted by Gasteiger charge is 2.33. The molecular formula is C15H28N2O3. The number of nitrogens with one attached hydrogen (secondary N) is 1. The molecule has 116 valence electrons. The molecule has 20 heavy (non-hydrogen) atoms. The lowest BCUT2D eigenvalue weighted by Crippen LogP contribution is -2.57. The first-order valence-electron chi connectivity index (χ1n) is 8.14. The first kappa shape index (κ1) is 14.7. The van der Waals surface area contributed by atoms with Crippen molar-refractivity contribution >= 4 is 0 Å².